The summed E-state index contributed by atoms with van der Waals surface area (Å²) in [6.07, 6.45) is 1.64. The fourth-order valence-corrected chi connectivity index (χ4v) is 3.37. The first kappa shape index (κ1) is 10.1. The van der Waals surface area contributed by atoms with Gasteiger partial charge in [-0.25, -0.2) is 4.98 Å². The molecule has 2 aromatic rings. The van der Waals surface area contributed by atoms with Gasteiger partial charge in [-0.15, -0.1) is 0 Å². The minimum atomic E-state index is 0.296. The summed E-state index contributed by atoms with van der Waals surface area (Å²) in [5, 5.41) is 0. The number of anilines is 2. The zero-order valence-corrected chi connectivity index (χ0v) is 10.5. The van der Waals surface area contributed by atoms with Crippen LogP contribution in [0.3, 0.4) is 0 Å². The summed E-state index contributed by atoms with van der Waals surface area (Å²) < 4.78 is 0. The number of hydrogen-bond donors (Lipinski definition) is 2. The minimum absolute atomic E-state index is 0.296. The Morgan fingerprint density at radius 2 is 2.06 bits per heavy atom. The van der Waals surface area contributed by atoms with E-state index in [1.165, 1.54) is 0 Å². The lowest BCUT2D eigenvalue weighted by atomic mass is 10.1. The molecule has 94 valence electrons. The molecule has 0 aromatic carbocycles. The second kappa shape index (κ2) is 2.93. The van der Waals surface area contributed by atoms with Crippen LogP contribution in [0.5, 0.6) is 0 Å². The van der Waals surface area contributed by atoms with Gasteiger partial charge in [-0.1, -0.05) is 13.8 Å². The summed E-state index contributed by atoms with van der Waals surface area (Å²) in [6, 6.07) is 0. The molecule has 1 aliphatic carbocycles. The van der Waals surface area contributed by atoms with Crippen molar-refractivity contribution in [1.29, 1.82) is 0 Å². The third-order valence-corrected chi connectivity index (χ3v) is 4.71. The number of H-pyrrole nitrogens is 1. The number of nitrogens with zero attached hydrogens (tertiary/aromatic N) is 4. The third kappa shape index (κ3) is 1.15. The van der Waals surface area contributed by atoms with Gasteiger partial charge in [-0.3, -0.25) is 0 Å². The van der Waals surface area contributed by atoms with Crippen molar-refractivity contribution in [3.63, 3.8) is 0 Å². The Hall–Kier alpha value is -1.85. The van der Waals surface area contributed by atoms with Gasteiger partial charge >= 0.3 is 0 Å². The molecule has 0 radical (unpaired) electrons. The molecule has 2 atom stereocenters. The molecular formula is C12H16N6. The molecular weight excluding hydrogens is 228 g/mol. The van der Waals surface area contributed by atoms with Crippen LogP contribution < -0.4 is 10.6 Å². The van der Waals surface area contributed by atoms with Crippen LogP contribution in [-0.4, -0.2) is 33.0 Å². The Morgan fingerprint density at radius 3 is 2.78 bits per heavy atom. The molecule has 3 heterocycles. The van der Waals surface area contributed by atoms with Crippen molar-refractivity contribution in [2.24, 2.45) is 17.3 Å². The van der Waals surface area contributed by atoms with Crippen LogP contribution in [0.4, 0.5) is 11.8 Å². The fourth-order valence-electron chi connectivity index (χ4n) is 3.37. The van der Waals surface area contributed by atoms with Crippen molar-refractivity contribution < 1.29 is 0 Å². The first-order valence-electron chi connectivity index (χ1n) is 6.29. The second-order valence-electron chi connectivity index (χ2n) is 5.95. The van der Waals surface area contributed by atoms with Crippen LogP contribution in [0.15, 0.2) is 6.33 Å². The van der Waals surface area contributed by atoms with E-state index in [4.69, 9.17) is 5.73 Å². The molecule has 18 heavy (non-hydrogen) atoms. The van der Waals surface area contributed by atoms with E-state index in [9.17, 15) is 0 Å². The van der Waals surface area contributed by atoms with E-state index in [0.717, 1.165) is 36.3 Å². The Kier molecular flexibility index (Phi) is 1.65. The summed E-state index contributed by atoms with van der Waals surface area (Å²) in [6.45, 7) is 6.81. The van der Waals surface area contributed by atoms with Gasteiger partial charge in [0.15, 0.2) is 11.5 Å². The quantitative estimate of drug-likeness (QED) is 0.782. The number of fused-ring (bicyclic) bond motifs is 2. The Bertz CT molecular complexity index is 617. The van der Waals surface area contributed by atoms with Gasteiger partial charge in [0.25, 0.3) is 0 Å². The molecule has 1 saturated carbocycles. The van der Waals surface area contributed by atoms with Gasteiger partial charge in [-0.05, 0) is 17.3 Å². The maximum atomic E-state index is 5.75. The van der Waals surface area contributed by atoms with Crippen LogP contribution in [-0.2, 0) is 0 Å². The average molecular weight is 244 g/mol. The number of hydrogen-bond acceptors (Lipinski definition) is 5. The lowest BCUT2D eigenvalue weighted by Gasteiger charge is -2.23. The van der Waals surface area contributed by atoms with Crippen LogP contribution in [0.1, 0.15) is 13.8 Å². The first-order valence-corrected chi connectivity index (χ1v) is 6.29. The number of aromatic nitrogens is 4. The third-order valence-electron chi connectivity index (χ3n) is 4.71. The van der Waals surface area contributed by atoms with Crippen molar-refractivity contribution in [3.05, 3.63) is 6.33 Å². The average Bonchev–Trinajstić information content (AvgIpc) is 2.81. The van der Waals surface area contributed by atoms with Crippen molar-refractivity contribution in [3.8, 4) is 0 Å². The normalized spacial score (nSPS) is 28.7. The summed E-state index contributed by atoms with van der Waals surface area (Å²) in [5.74, 6) is 2.76. The van der Waals surface area contributed by atoms with E-state index in [2.05, 4.69) is 38.7 Å². The van der Waals surface area contributed by atoms with Gasteiger partial charge < -0.3 is 15.6 Å². The van der Waals surface area contributed by atoms with Crippen molar-refractivity contribution in [1.82, 2.24) is 19.9 Å². The van der Waals surface area contributed by atoms with Crippen molar-refractivity contribution >= 4 is 22.9 Å². The monoisotopic (exact) mass is 244 g/mol. The van der Waals surface area contributed by atoms with Gasteiger partial charge in [0.1, 0.15) is 5.52 Å². The van der Waals surface area contributed by atoms with Gasteiger partial charge in [-0.2, -0.15) is 9.97 Å². The van der Waals surface area contributed by atoms with Crippen molar-refractivity contribution in [2.75, 3.05) is 23.7 Å². The van der Waals surface area contributed by atoms with Gasteiger partial charge in [0, 0.05) is 13.1 Å². The number of piperidine rings is 1. The summed E-state index contributed by atoms with van der Waals surface area (Å²) in [4.78, 5) is 18.1. The van der Waals surface area contributed by atoms with Gasteiger partial charge in [0.2, 0.25) is 5.95 Å². The van der Waals surface area contributed by atoms with Crippen LogP contribution >= 0.6 is 0 Å². The summed E-state index contributed by atoms with van der Waals surface area (Å²) in [5.41, 5.74) is 7.79. The number of nitrogen functional groups attached to an aromatic ring is 1. The predicted molar refractivity (Wildman–Crippen MR) is 69.1 cm³/mol. The zero-order valence-electron chi connectivity index (χ0n) is 10.5. The Balaban J connectivity index is 1.74. The molecule has 0 bridgehead atoms. The van der Waals surface area contributed by atoms with E-state index in [0.29, 0.717) is 17.0 Å². The highest BCUT2D eigenvalue weighted by Gasteiger charge is 2.62. The van der Waals surface area contributed by atoms with Crippen LogP contribution in [0.25, 0.3) is 11.2 Å². The molecule has 3 N–H and O–H groups in total. The highest BCUT2D eigenvalue weighted by molar-refractivity contribution is 5.84. The second-order valence-corrected chi connectivity index (χ2v) is 5.95. The lowest BCUT2D eigenvalue weighted by molar-refractivity contribution is 0.499. The SMILES string of the molecule is CC1(C)C2CN(c3nc(N)nc4nc[nH]c34)CC21. The molecule has 2 unspecified atom stereocenters. The summed E-state index contributed by atoms with van der Waals surface area (Å²) >= 11 is 0. The Morgan fingerprint density at radius 1 is 1.33 bits per heavy atom. The number of nitrogens with two attached hydrogens (primary N) is 1. The summed E-state index contributed by atoms with van der Waals surface area (Å²) in [7, 11) is 0. The smallest absolute Gasteiger partial charge is 0.224 e. The molecule has 1 saturated heterocycles. The largest absolute Gasteiger partial charge is 0.368 e. The number of aromatic amines is 1. The molecule has 2 aliphatic rings. The first-order chi connectivity index (χ1) is 8.57. The van der Waals surface area contributed by atoms with Crippen molar-refractivity contribution in [2.45, 2.75) is 13.8 Å². The number of nitrogens with one attached hydrogen (secondary N) is 1. The molecule has 2 fully saturated rings. The molecule has 6 heteroatoms. The molecule has 6 nitrogen and oxygen atoms in total. The molecule has 0 spiro atoms. The number of imidazole rings is 1. The van der Waals surface area contributed by atoms with Crippen LogP contribution in [0, 0.1) is 17.3 Å². The topological polar surface area (TPSA) is 83.7 Å². The standard InChI is InChI=1S/C12H16N6/c1-12(2)6-3-18(4-7(6)12)10-8-9(15-5-14-8)16-11(13)17-10/h5-7H,3-4H2,1-2H3,(H3,13,14,15,16,17). The predicted octanol–water partition coefficient (Wildman–Crippen LogP) is 1.03. The maximum Gasteiger partial charge on any atom is 0.224 e. The van der Waals surface area contributed by atoms with E-state index in [-0.39, 0.29) is 0 Å². The molecule has 4 rings (SSSR count). The highest BCUT2D eigenvalue weighted by atomic mass is 15.3. The van der Waals surface area contributed by atoms with E-state index in [1.54, 1.807) is 6.33 Å². The van der Waals surface area contributed by atoms with Gasteiger partial charge in [0.05, 0.1) is 6.33 Å². The maximum absolute atomic E-state index is 5.75. The van der Waals surface area contributed by atoms with E-state index >= 15 is 0 Å². The lowest BCUT2D eigenvalue weighted by Crippen LogP contribution is -2.27. The Labute approximate surface area is 105 Å². The molecule has 2 aromatic heterocycles. The van der Waals surface area contributed by atoms with E-state index < -0.39 is 0 Å². The zero-order chi connectivity index (χ0) is 12.5. The van der Waals surface area contributed by atoms with E-state index in [1.807, 2.05) is 0 Å². The van der Waals surface area contributed by atoms with Crippen LogP contribution in [0.2, 0.25) is 0 Å². The molecule has 1 aliphatic heterocycles. The minimum Gasteiger partial charge on any atom is -0.368 e. The molecule has 0 amide bonds. The highest BCUT2D eigenvalue weighted by Crippen LogP contribution is 2.62. The number of rotatable bonds is 1. The fraction of sp³-hybridized carbons (Fsp3) is 0.583.